The minimum Gasteiger partial charge on any atom is -0.490 e. The second-order valence-corrected chi connectivity index (χ2v) is 11.0. The summed E-state index contributed by atoms with van der Waals surface area (Å²) in [6.45, 7) is 9.53. The molecule has 2 aliphatic heterocycles. The number of carbonyl (C=O) groups excluding carboxylic acids is 2. The van der Waals surface area contributed by atoms with Crippen molar-refractivity contribution in [2.24, 2.45) is 0 Å². The summed E-state index contributed by atoms with van der Waals surface area (Å²) < 4.78 is 77.1. The smallest absolute Gasteiger partial charge is 0.417 e. The molecule has 2 heterocycles. The predicted molar refractivity (Wildman–Crippen MR) is 136 cm³/mol. The van der Waals surface area contributed by atoms with Gasteiger partial charge >= 0.3 is 12.1 Å². The van der Waals surface area contributed by atoms with Crippen LogP contribution in [0.4, 0.5) is 17.6 Å². The first-order valence-electron chi connectivity index (χ1n) is 12.8. The lowest BCUT2D eigenvalue weighted by molar-refractivity contribution is -0.166. The summed E-state index contributed by atoms with van der Waals surface area (Å²) in [6, 6.07) is 1.17. The summed E-state index contributed by atoms with van der Waals surface area (Å²) in [4.78, 5) is 26.7. The number of hydrogen-bond donors (Lipinski definition) is 0. The van der Waals surface area contributed by atoms with Crippen molar-refractivity contribution >= 4 is 11.9 Å². The Morgan fingerprint density at radius 2 is 1.69 bits per heavy atom. The topological polar surface area (TPSA) is 65.1 Å². The molecular weight excluding hydrogens is 518 g/mol. The Bertz CT molecular complexity index is 1340. The first-order valence-corrected chi connectivity index (χ1v) is 12.8. The molecule has 0 aromatic heterocycles. The number of hydrogen-bond acceptors (Lipinski definition) is 5. The predicted octanol–water partition coefficient (Wildman–Crippen LogP) is 6.34. The third kappa shape index (κ3) is 5.23. The molecule has 10 heteroatoms. The van der Waals surface area contributed by atoms with E-state index in [-0.39, 0.29) is 41.4 Å². The maximum absolute atomic E-state index is 15.4. The van der Waals surface area contributed by atoms with Crippen LogP contribution < -0.4 is 4.74 Å². The van der Waals surface area contributed by atoms with E-state index in [0.717, 1.165) is 7.11 Å². The van der Waals surface area contributed by atoms with Crippen molar-refractivity contribution in [2.45, 2.75) is 85.4 Å². The molecule has 0 saturated carbocycles. The molecule has 6 nitrogen and oxygen atoms in total. The van der Waals surface area contributed by atoms with Gasteiger partial charge in [0.15, 0.2) is 17.7 Å². The fourth-order valence-electron chi connectivity index (χ4n) is 5.60. The number of benzene rings is 2. The Hall–Kier alpha value is -3.14. The van der Waals surface area contributed by atoms with E-state index >= 15 is 17.6 Å². The van der Waals surface area contributed by atoms with Crippen LogP contribution in [0.25, 0.3) is 11.1 Å². The highest BCUT2D eigenvalue weighted by Gasteiger charge is 2.47. The van der Waals surface area contributed by atoms with E-state index in [1.807, 2.05) is 0 Å². The average Bonchev–Trinajstić information content (AvgIpc) is 3.29. The molecule has 0 N–H and O–H groups in total. The van der Waals surface area contributed by atoms with Crippen LogP contribution in [0.1, 0.15) is 79.2 Å². The summed E-state index contributed by atoms with van der Waals surface area (Å²) in [5, 5.41) is 0. The Kier molecular flexibility index (Phi) is 7.48. The second-order valence-electron chi connectivity index (χ2n) is 11.0. The van der Waals surface area contributed by atoms with E-state index < -0.39 is 40.8 Å². The van der Waals surface area contributed by atoms with Gasteiger partial charge in [0.25, 0.3) is 0 Å². The molecule has 0 unspecified atom stereocenters. The highest BCUT2D eigenvalue weighted by Crippen LogP contribution is 2.51. The molecule has 2 aliphatic rings. The van der Waals surface area contributed by atoms with Gasteiger partial charge in [0.05, 0.1) is 24.9 Å². The third-order valence-corrected chi connectivity index (χ3v) is 7.31. The van der Waals surface area contributed by atoms with Gasteiger partial charge in [-0.1, -0.05) is 0 Å². The van der Waals surface area contributed by atoms with Gasteiger partial charge in [-0.05, 0) is 86.9 Å². The van der Waals surface area contributed by atoms with Gasteiger partial charge in [0.1, 0.15) is 0 Å². The lowest BCUT2D eigenvalue weighted by Gasteiger charge is -2.32. The van der Waals surface area contributed by atoms with Gasteiger partial charge in [0.2, 0.25) is 5.91 Å². The average molecular weight is 552 g/mol. The lowest BCUT2D eigenvalue weighted by Crippen LogP contribution is -2.31. The first kappa shape index (κ1) is 28.9. The van der Waals surface area contributed by atoms with Gasteiger partial charge in [-0.15, -0.1) is 0 Å². The summed E-state index contributed by atoms with van der Waals surface area (Å²) in [5.74, 6) is -2.00. The number of halogens is 4. The molecule has 2 aromatic carbocycles. The van der Waals surface area contributed by atoms with Crippen molar-refractivity contribution in [3.63, 3.8) is 0 Å². The Morgan fingerprint density at radius 3 is 2.26 bits per heavy atom. The fraction of sp³-hybridized carbons (Fsp3) is 0.517. The maximum atomic E-state index is 15.4. The SMILES string of the molecule is COC(=O)[C@@H](OC(C)(C)C)c1c(-c2cc(F)c3c(c2C)CCCO3)c(C)c2c(c1C(F)(F)F)CN(C(C)=O)C2. The van der Waals surface area contributed by atoms with Crippen LogP contribution in [0.2, 0.25) is 0 Å². The van der Waals surface area contributed by atoms with Gasteiger partial charge in [-0.3, -0.25) is 4.79 Å². The van der Waals surface area contributed by atoms with E-state index in [0.29, 0.717) is 41.7 Å². The number of amides is 1. The molecule has 4 rings (SSSR count). The van der Waals surface area contributed by atoms with Crippen LogP contribution in [0.5, 0.6) is 5.75 Å². The van der Waals surface area contributed by atoms with Gasteiger partial charge < -0.3 is 19.1 Å². The first-order chi connectivity index (χ1) is 18.1. The standard InChI is InChI=1S/C29H33F4NO5/c1-14-17-9-8-10-38-25(17)21(30)11-18(14)22-15(2)19-12-34(16(3)35)13-20(19)24(29(31,32)33)23(22)26(27(36)37-7)39-28(4,5)6/h11,26H,8-10,12-13H2,1-7H3/t26-/m0/s1. The van der Waals surface area contributed by atoms with Crippen LogP contribution in [0, 0.1) is 19.7 Å². The van der Waals surface area contributed by atoms with Crippen molar-refractivity contribution in [2.75, 3.05) is 13.7 Å². The van der Waals surface area contributed by atoms with Crippen LogP contribution in [0.3, 0.4) is 0 Å². The number of fused-ring (bicyclic) bond motifs is 2. The normalized spacial score (nSPS) is 15.9. The van der Waals surface area contributed by atoms with E-state index in [4.69, 9.17) is 14.2 Å². The second kappa shape index (κ2) is 10.1. The molecule has 0 bridgehead atoms. The van der Waals surface area contributed by atoms with Crippen molar-refractivity contribution in [1.29, 1.82) is 0 Å². The van der Waals surface area contributed by atoms with E-state index in [1.165, 1.54) is 17.9 Å². The van der Waals surface area contributed by atoms with Crippen LogP contribution in [0.15, 0.2) is 6.07 Å². The summed E-state index contributed by atoms with van der Waals surface area (Å²) in [7, 11) is 1.08. The van der Waals surface area contributed by atoms with Gasteiger partial charge in [-0.25, -0.2) is 9.18 Å². The highest BCUT2D eigenvalue weighted by atomic mass is 19.4. The molecule has 0 aliphatic carbocycles. The van der Waals surface area contributed by atoms with Crippen molar-refractivity contribution < 1.29 is 41.4 Å². The molecule has 0 saturated heterocycles. The van der Waals surface area contributed by atoms with E-state index in [2.05, 4.69) is 0 Å². The van der Waals surface area contributed by atoms with Crippen LogP contribution in [-0.4, -0.2) is 36.1 Å². The Labute approximate surface area is 225 Å². The number of alkyl halides is 3. The third-order valence-electron chi connectivity index (χ3n) is 7.31. The molecule has 1 amide bonds. The maximum Gasteiger partial charge on any atom is 0.417 e. The van der Waals surface area contributed by atoms with E-state index in [1.54, 1.807) is 34.6 Å². The molecule has 2 aromatic rings. The largest absolute Gasteiger partial charge is 0.490 e. The quantitative estimate of drug-likeness (QED) is 0.328. The zero-order valence-corrected chi connectivity index (χ0v) is 23.2. The minimum atomic E-state index is -4.92. The monoisotopic (exact) mass is 551 g/mol. The van der Waals surface area contributed by atoms with Crippen molar-refractivity contribution in [3.05, 3.63) is 50.8 Å². The zero-order valence-electron chi connectivity index (χ0n) is 23.2. The molecule has 39 heavy (non-hydrogen) atoms. The number of ether oxygens (including phenoxy) is 3. The Morgan fingerprint density at radius 1 is 1.05 bits per heavy atom. The molecule has 0 radical (unpaired) electrons. The Balaban J connectivity index is 2.19. The summed E-state index contributed by atoms with van der Waals surface area (Å²) in [6.07, 6.45) is -5.57. The van der Waals surface area contributed by atoms with Crippen LogP contribution in [-0.2, 0) is 44.7 Å². The van der Waals surface area contributed by atoms with Crippen molar-refractivity contribution in [3.8, 4) is 16.9 Å². The number of carbonyl (C=O) groups is 2. The number of nitrogens with zero attached hydrogens (tertiary/aromatic N) is 1. The molecular formula is C29H33F4NO5. The number of methoxy groups -OCH3 is 1. The molecule has 212 valence electrons. The summed E-state index contributed by atoms with van der Waals surface area (Å²) >= 11 is 0. The van der Waals surface area contributed by atoms with Gasteiger partial charge in [-0.2, -0.15) is 13.2 Å². The number of rotatable bonds is 4. The fourth-order valence-corrected chi connectivity index (χ4v) is 5.60. The van der Waals surface area contributed by atoms with Crippen LogP contribution >= 0.6 is 0 Å². The van der Waals surface area contributed by atoms with Crippen molar-refractivity contribution in [1.82, 2.24) is 4.90 Å². The summed E-state index contributed by atoms with van der Waals surface area (Å²) in [5.41, 5.74) is -0.494. The van der Waals surface area contributed by atoms with E-state index in [9.17, 15) is 9.59 Å². The molecule has 0 spiro atoms. The lowest BCUT2D eigenvalue weighted by atomic mass is 9.80. The highest BCUT2D eigenvalue weighted by molar-refractivity contribution is 5.87. The molecule has 1 atom stereocenters. The zero-order chi connectivity index (χ0) is 29.0. The van der Waals surface area contributed by atoms with Gasteiger partial charge in [0, 0.05) is 31.1 Å². The number of esters is 1. The molecule has 0 fully saturated rings. The minimum absolute atomic E-state index is 0.0362.